The first kappa shape index (κ1) is 11.7. The molecule has 2 aromatic rings. The highest BCUT2D eigenvalue weighted by Gasteiger charge is 2.08. The molecule has 0 fully saturated rings. The summed E-state index contributed by atoms with van der Waals surface area (Å²) in [6.45, 7) is 2.06. The summed E-state index contributed by atoms with van der Waals surface area (Å²) >= 11 is 5.90. The molecular weight excluding hydrogens is 234 g/mol. The van der Waals surface area contributed by atoms with E-state index in [1.54, 1.807) is 12.1 Å². The van der Waals surface area contributed by atoms with E-state index >= 15 is 0 Å². The topological polar surface area (TPSA) is 42.1 Å². The van der Waals surface area contributed by atoms with Gasteiger partial charge in [-0.15, -0.1) is 0 Å². The summed E-state index contributed by atoms with van der Waals surface area (Å²) in [5.41, 5.74) is 8.63. The van der Waals surface area contributed by atoms with E-state index in [0.717, 1.165) is 11.5 Å². The molecule has 88 valence electrons. The molecule has 2 rings (SSSR count). The van der Waals surface area contributed by atoms with Crippen LogP contribution in [-0.2, 0) is 0 Å². The molecule has 1 heterocycles. The second-order valence-electron chi connectivity index (χ2n) is 3.93. The lowest BCUT2D eigenvalue weighted by atomic mass is 10.2. The summed E-state index contributed by atoms with van der Waals surface area (Å²) in [5.74, 6) is 0.740. The molecule has 17 heavy (non-hydrogen) atoms. The first-order valence-electron chi connectivity index (χ1n) is 5.30. The minimum Gasteiger partial charge on any atom is -0.399 e. The van der Waals surface area contributed by atoms with Gasteiger partial charge >= 0.3 is 0 Å². The van der Waals surface area contributed by atoms with Gasteiger partial charge in [-0.05, 0) is 24.6 Å². The molecule has 0 aliphatic rings. The van der Waals surface area contributed by atoms with Crippen molar-refractivity contribution < 1.29 is 0 Å². The van der Waals surface area contributed by atoms with Gasteiger partial charge in [0.2, 0.25) is 0 Å². The maximum absolute atomic E-state index is 5.90. The normalized spacial score (nSPS) is 10.3. The lowest BCUT2D eigenvalue weighted by Crippen LogP contribution is -2.12. The van der Waals surface area contributed by atoms with Gasteiger partial charge in [0.25, 0.3) is 0 Å². The highest BCUT2D eigenvalue weighted by molar-refractivity contribution is 6.29. The molecule has 0 saturated heterocycles. The van der Waals surface area contributed by atoms with Gasteiger partial charge in [-0.2, -0.15) is 0 Å². The Labute approximate surface area is 106 Å². The Kier molecular flexibility index (Phi) is 3.20. The largest absolute Gasteiger partial charge is 0.399 e. The predicted molar refractivity (Wildman–Crippen MR) is 72.9 cm³/mol. The maximum atomic E-state index is 5.90. The zero-order valence-corrected chi connectivity index (χ0v) is 10.6. The van der Waals surface area contributed by atoms with Gasteiger partial charge in [0.05, 0.1) is 0 Å². The number of hydrogen-bond donors (Lipinski definition) is 1. The lowest BCUT2D eigenvalue weighted by Gasteiger charge is -2.20. The molecule has 0 unspecified atom stereocenters. The van der Waals surface area contributed by atoms with Crippen LogP contribution in [0.1, 0.15) is 5.56 Å². The Bertz CT molecular complexity index is 520. The van der Waals surface area contributed by atoms with Crippen LogP contribution >= 0.6 is 11.6 Å². The van der Waals surface area contributed by atoms with Crippen molar-refractivity contribution in [2.24, 2.45) is 0 Å². The number of pyridine rings is 1. The SMILES string of the molecule is Cc1ccccc1N(C)c1cc(N)cc(Cl)n1. The first-order chi connectivity index (χ1) is 8.08. The van der Waals surface area contributed by atoms with Gasteiger partial charge in [0.15, 0.2) is 0 Å². The second kappa shape index (κ2) is 4.63. The van der Waals surface area contributed by atoms with Gasteiger partial charge in [-0.25, -0.2) is 4.98 Å². The van der Waals surface area contributed by atoms with Crippen molar-refractivity contribution >= 4 is 28.8 Å². The number of nitrogens with zero attached hydrogens (tertiary/aromatic N) is 2. The number of benzene rings is 1. The van der Waals surface area contributed by atoms with Gasteiger partial charge in [-0.1, -0.05) is 29.8 Å². The molecule has 0 aliphatic heterocycles. The van der Waals surface area contributed by atoms with Crippen LogP contribution < -0.4 is 10.6 Å². The number of aromatic nitrogens is 1. The molecule has 1 aromatic carbocycles. The monoisotopic (exact) mass is 247 g/mol. The van der Waals surface area contributed by atoms with Crippen molar-refractivity contribution in [3.63, 3.8) is 0 Å². The minimum atomic E-state index is 0.403. The number of halogens is 1. The first-order valence-corrected chi connectivity index (χ1v) is 5.68. The van der Waals surface area contributed by atoms with E-state index in [0.29, 0.717) is 10.8 Å². The fourth-order valence-electron chi connectivity index (χ4n) is 1.74. The van der Waals surface area contributed by atoms with E-state index in [4.69, 9.17) is 17.3 Å². The van der Waals surface area contributed by atoms with E-state index in [1.807, 2.05) is 30.1 Å². The van der Waals surface area contributed by atoms with Crippen molar-refractivity contribution in [2.75, 3.05) is 17.7 Å². The maximum Gasteiger partial charge on any atom is 0.136 e. The van der Waals surface area contributed by atoms with Crippen molar-refractivity contribution in [2.45, 2.75) is 6.92 Å². The summed E-state index contributed by atoms with van der Waals surface area (Å²) in [4.78, 5) is 6.23. The molecule has 0 atom stereocenters. The highest BCUT2D eigenvalue weighted by atomic mass is 35.5. The van der Waals surface area contributed by atoms with Crippen LogP contribution in [0, 0.1) is 6.92 Å². The van der Waals surface area contributed by atoms with E-state index in [1.165, 1.54) is 5.56 Å². The Balaban J connectivity index is 2.43. The summed E-state index contributed by atoms with van der Waals surface area (Å²) in [7, 11) is 1.94. The molecule has 3 nitrogen and oxygen atoms in total. The van der Waals surface area contributed by atoms with E-state index < -0.39 is 0 Å². The summed E-state index contributed by atoms with van der Waals surface area (Å²) < 4.78 is 0. The van der Waals surface area contributed by atoms with Gasteiger partial charge < -0.3 is 10.6 Å². The molecule has 0 radical (unpaired) electrons. The smallest absolute Gasteiger partial charge is 0.136 e. The fourth-order valence-corrected chi connectivity index (χ4v) is 1.95. The second-order valence-corrected chi connectivity index (χ2v) is 4.31. The Morgan fingerprint density at radius 3 is 2.59 bits per heavy atom. The molecule has 0 aliphatic carbocycles. The van der Waals surface area contributed by atoms with E-state index in [9.17, 15) is 0 Å². The van der Waals surface area contributed by atoms with Gasteiger partial charge in [0, 0.05) is 24.5 Å². The number of hydrogen-bond acceptors (Lipinski definition) is 3. The molecule has 2 N–H and O–H groups in total. The molecular formula is C13H14ClN3. The summed E-state index contributed by atoms with van der Waals surface area (Å²) in [5, 5.41) is 0.403. The third-order valence-electron chi connectivity index (χ3n) is 2.62. The van der Waals surface area contributed by atoms with E-state index in [-0.39, 0.29) is 0 Å². The number of rotatable bonds is 2. The lowest BCUT2D eigenvalue weighted by molar-refractivity contribution is 1.12. The number of para-hydroxylation sites is 1. The molecule has 0 amide bonds. The zero-order chi connectivity index (χ0) is 12.4. The third-order valence-corrected chi connectivity index (χ3v) is 2.82. The third kappa shape index (κ3) is 2.50. The molecule has 0 bridgehead atoms. The zero-order valence-electron chi connectivity index (χ0n) is 9.81. The van der Waals surface area contributed by atoms with Gasteiger partial charge in [0.1, 0.15) is 11.0 Å². The average Bonchev–Trinajstić information content (AvgIpc) is 2.27. The van der Waals surface area contributed by atoms with Crippen molar-refractivity contribution in [3.8, 4) is 0 Å². The molecule has 0 spiro atoms. The summed E-state index contributed by atoms with van der Waals surface area (Å²) in [6.07, 6.45) is 0. The van der Waals surface area contributed by atoms with Crippen LogP contribution in [0.15, 0.2) is 36.4 Å². The summed E-state index contributed by atoms with van der Waals surface area (Å²) in [6, 6.07) is 11.5. The Morgan fingerprint density at radius 2 is 1.94 bits per heavy atom. The quantitative estimate of drug-likeness (QED) is 0.827. The van der Waals surface area contributed by atoms with E-state index in [2.05, 4.69) is 18.0 Å². The number of nitrogens with two attached hydrogens (primary N) is 1. The number of anilines is 3. The molecule has 1 aromatic heterocycles. The number of nitrogen functional groups attached to an aromatic ring is 1. The van der Waals surface area contributed by atoms with Crippen LogP contribution in [0.25, 0.3) is 0 Å². The standard InChI is InChI=1S/C13H14ClN3/c1-9-5-3-4-6-11(9)17(2)13-8-10(15)7-12(14)16-13/h3-8H,1-2H3,(H2,15,16). The van der Waals surface area contributed by atoms with Crippen LogP contribution in [0.2, 0.25) is 5.15 Å². The predicted octanol–water partition coefficient (Wildman–Crippen LogP) is 3.39. The van der Waals surface area contributed by atoms with Crippen LogP contribution in [0.3, 0.4) is 0 Å². The average molecular weight is 248 g/mol. The molecule has 4 heteroatoms. The van der Waals surface area contributed by atoms with Crippen LogP contribution in [0.4, 0.5) is 17.2 Å². The Hall–Kier alpha value is -1.74. The number of aryl methyl sites for hydroxylation is 1. The highest BCUT2D eigenvalue weighted by Crippen LogP contribution is 2.27. The van der Waals surface area contributed by atoms with Crippen molar-refractivity contribution in [3.05, 3.63) is 47.1 Å². The van der Waals surface area contributed by atoms with Gasteiger partial charge in [-0.3, -0.25) is 0 Å². The molecule has 0 saturated carbocycles. The van der Waals surface area contributed by atoms with Crippen molar-refractivity contribution in [1.29, 1.82) is 0 Å². The van der Waals surface area contributed by atoms with Crippen molar-refractivity contribution in [1.82, 2.24) is 4.98 Å². The van der Waals surface area contributed by atoms with Crippen LogP contribution in [0.5, 0.6) is 0 Å². The Morgan fingerprint density at radius 1 is 1.24 bits per heavy atom. The van der Waals surface area contributed by atoms with Crippen LogP contribution in [-0.4, -0.2) is 12.0 Å². The minimum absolute atomic E-state index is 0.403. The fraction of sp³-hybridized carbons (Fsp3) is 0.154.